The minimum absolute atomic E-state index is 0.613. The SMILES string of the molecule is CCNC(Cc1cnn(C)c1)C1CCCS1. The molecule has 0 radical (unpaired) electrons. The van der Waals surface area contributed by atoms with Crippen LogP contribution in [-0.2, 0) is 13.5 Å². The zero-order valence-corrected chi connectivity index (χ0v) is 11.0. The molecule has 4 heteroatoms. The average molecular weight is 239 g/mol. The molecule has 1 aromatic rings. The molecule has 90 valence electrons. The lowest BCUT2D eigenvalue weighted by atomic mass is 10.0. The molecule has 0 amide bonds. The second kappa shape index (κ2) is 5.73. The highest BCUT2D eigenvalue weighted by Crippen LogP contribution is 2.30. The number of thioether (sulfide) groups is 1. The molecule has 2 rings (SSSR count). The number of nitrogens with one attached hydrogen (secondary N) is 1. The summed E-state index contributed by atoms with van der Waals surface area (Å²) >= 11 is 2.13. The maximum Gasteiger partial charge on any atom is 0.0522 e. The molecule has 1 aromatic heterocycles. The second-order valence-electron chi connectivity index (χ2n) is 4.44. The van der Waals surface area contributed by atoms with Gasteiger partial charge in [-0.15, -0.1) is 0 Å². The summed E-state index contributed by atoms with van der Waals surface area (Å²) in [6, 6.07) is 0.613. The number of aryl methyl sites for hydroxylation is 1. The molecule has 16 heavy (non-hydrogen) atoms. The Balaban J connectivity index is 1.96. The van der Waals surface area contributed by atoms with Gasteiger partial charge in [-0.2, -0.15) is 16.9 Å². The highest BCUT2D eigenvalue weighted by molar-refractivity contribution is 8.00. The first-order valence-corrected chi connectivity index (χ1v) is 7.17. The number of nitrogens with zero attached hydrogens (tertiary/aromatic N) is 2. The molecular formula is C12H21N3S. The highest BCUT2D eigenvalue weighted by atomic mass is 32.2. The van der Waals surface area contributed by atoms with E-state index in [0.29, 0.717) is 6.04 Å². The highest BCUT2D eigenvalue weighted by Gasteiger charge is 2.25. The van der Waals surface area contributed by atoms with Crippen LogP contribution in [0.25, 0.3) is 0 Å². The third-order valence-corrected chi connectivity index (χ3v) is 4.61. The molecule has 2 atom stereocenters. The van der Waals surface area contributed by atoms with Crippen LogP contribution in [0.4, 0.5) is 0 Å². The van der Waals surface area contributed by atoms with Gasteiger partial charge in [-0.05, 0) is 37.1 Å². The van der Waals surface area contributed by atoms with Gasteiger partial charge in [-0.1, -0.05) is 6.92 Å². The van der Waals surface area contributed by atoms with Crippen molar-refractivity contribution in [3.63, 3.8) is 0 Å². The van der Waals surface area contributed by atoms with Crippen molar-refractivity contribution in [1.82, 2.24) is 15.1 Å². The van der Waals surface area contributed by atoms with E-state index in [2.05, 4.69) is 35.3 Å². The quantitative estimate of drug-likeness (QED) is 0.850. The van der Waals surface area contributed by atoms with E-state index < -0.39 is 0 Å². The molecule has 1 aliphatic rings. The molecule has 0 bridgehead atoms. The van der Waals surface area contributed by atoms with Gasteiger partial charge in [0.15, 0.2) is 0 Å². The van der Waals surface area contributed by atoms with E-state index in [9.17, 15) is 0 Å². The standard InChI is InChI=1S/C12H21N3S/c1-3-13-11(12-5-4-6-16-12)7-10-8-14-15(2)9-10/h8-9,11-13H,3-7H2,1-2H3. The van der Waals surface area contributed by atoms with Gasteiger partial charge < -0.3 is 5.32 Å². The molecule has 0 aromatic carbocycles. The third kappa shape index (κ3) is 3.01. The van der Waals surface area contributed by atoms with Crippen molar-refractivity contribution in [2.75, 3.05) is 12.3 Å². The van der Waals surface area contributed by atoms with Crippen molar-refractivity contribution in [2.45, 2.75) is 37.5 Å². The van der Waals surface area contributed by atoms with Crippen LogP contribution in [0.5, 0.6) is 0 Å². The predicted octanol–water partition coefficient (Wildman–Crippen LogP) is 1.84. The first-order chi connectivity index (χ1) is 7.79. The van der Waals surface area contributed by atoms with E-state index in [0.717, 1.165) is 18.2 Å². The summed E-state index contributed by atoms with van der Waals surface area (Å²) < 4.78 is 1.89. The maximum atomic E-state index is 4.24. The Bertz CT molecular complexity index is 318. The minimum Gasteiger partial charge on any atom is -0.313 e. The Morgan fingerprint density at radius 2 is 2.56 bits per heavy atom. The first kappa shape index (κ1) is 12.0. The lowest BCUT2D eigenvalue weighted by molar-refractivity contribution is 0.495. The summed E-state index contributed by atoms with van der Waals surface area (Å²) in [5, 5.41) is 8.65. The fourth-order valence-electron chi connectivity index (χ4n) is 2.35. The topological polar surface area (TPSA) is 29.9 Å². The van der Waals surface area contributed by atoms with Gasteiger partial charge in [0.25, 0.3) is 0 Å². The Kier molecular flexibility index (Phi) is 4.29. The van der Waals surface area contributed by atoms with Crippen LogP contribution in [0, 0.1) is 0 Å². The van der Waals surface area contributed by atoms with Crippen molar-refractivity contribution < 1.29 is 0 Å². The smallest absolute Gasteiger partial charge is 0.0522 e. The Labute approximate surface area is 102 Å². The summed E-state index contributed by atoms with van der Waals surface area (Å²) in [6.45, 7) is 3.25. The van der Waals surface area contributed by atoms with Crippen LogP contribution >= 0.6 is 11.8 Å². The van der Waals surface area contributed by atoms with Crippen LogP contribution in [0.2, 0.25) is 0 Å². The van der Waals surface area contributed by atoms with Gasteiger partial charge in [0.05, 0.1) is 6.20 Å². The van der Waals surface area contributed by atoms with Gasteiger partial charge in [0.2, 0.25) is 0 Å². The molecule has 1 N–H and O–H groups in total. The fourth-order valence-corrected chi connectivity index (χ4v) is 3.74. The summed E-state index contributed by atoms with van der Waals surface area (Å²) in [5.41, 5.74) is 1.35. The summed E-state index contributed by atoms with van der Waals surface area (Å²) in [5.74, 6) is 1.33. The second-order valence-corrected chi connectivity index (χ2v) is 5.79. The Morgan fingerprint density at radius 1 is 1.69 bits per heavy atom. The minimum atomic E-state index is 0.613. The predicted molar refractivity (Wildman–Crippen MR) is 69.9 cm³/mol. The normalized spacial score (nSPS) is 22.5. The van der Waals surface area contributed by atoms with Crippen LogP contribution in [0.1, 0.15) is 25.3 Å². The molecular weight excluding hydrogens is 218 g/mol. The monoisotopic (exact) mass is 239 g/mol. The van der Waals surface area contributed by atoms with Crippen LogP contribution in [-0.4, -0.2) is 33.4 Å². The van der Waals surface area contributed by atoms with Gasteiger partial charge >= 0.3 is 0 Å². The van der Waals surface area contributed by atoms with Crippen molar-refractivity contribution in [2.24, 2.45) is 7.05 Å². The molecule has 1 fully saturated rings. The maximum absolute atomic E-state index is 4.24. The summed E-state index contributed by atoms with van der Waals surface area (Å²) in [7, 11) is 1.98. The van der Waals surface area contributed by atoms with Crippen molar-refractivity contribution in [1.29, 1.82) is 0 Å². The molecule has 0 aliphatic carbocycles. The van der Waals surface area contributed by atoms with Crippen LogP contribution < -0.4 is 5.32 Å². The number of hydrogen-bond acceptors (Lipinski definition) is 3. The number of hydrogen-bond donors (Lipinski definition) is 1. The van der Waals surface area contributed by atoms with Crippen molar-refractivity contribution >= 4 is 11.8 Å². The van der Waals surface area contributed by atoms with E-state index in [-0.39, 0.29) is 0 Å². The number of aromatic nitrogens is 2. The van der Waals surface area contributed by atoms with Crippen LogP contribution in [0.3, 0.4) is 0 Å². The molecule has 0 spiro atoms. The number of rotatable bonds is 5. The van der Waals surface area contributed by atoms with Gasteiger partial charge in [0.1, 0.15) is 0 Å². The Hall–Kier alpha value is -0.480. The first-order valence-electron chi connectivity index (χ1n) is 6.12. The van der Waals surface area contributed by atoms with Gasteiger partial charge in [-0.3, -0.25) is 4.68 Å². The van der Waals surface area contributed by atoms with E-state index in [4.69, 9.17) is 0 Å². The largest absolute Gasteiger partial charge is 0.313 e. The zero-order chi connectivity index (χ0) is 11.4. The molecule has 0 saturated carbocycles. The lowest BCUT2D eigenvalue weighted by Gasteiger charge is -2.23. The number of likely N-dealkylation sites (N-methyl/N-ethyl adjacent to an activating group) is 1. The zero-order valence-electron chi connectivity index (χ0n) is 10.1. The van der Waals surface area contributed by atoms with Crippen molar-refractivity contribution in [3.05, 3.63) is 18.0 Å². The summed E-state index contributed by atoms with van der Waals surface area (Å²) in [6.07, 6.45) is 7.97. The van der Waals surface area contributed by atoms with E-state index >= 15 is 0 Å². The van der Waals surface area contributed by atoms with Gasteiger partial charge in [0, 0.05) is 24.5 Å². The average Bonchev–Trinajstić information content (AvgIpc) is 2.88. The summed E-state index contributed by atoms with van der Waals surface area (Å²) in [4.78, 5) is 0. The molecule has 2 heterocycles. The van der Waals surface area contributed by atoms with E-state index in [1.807, 2.05) is 17.9 Å². The lowest BCUT2D eigenvalue weighted by Crippen LogP contribution is -2.38. The molecule has 2 unspecified atom stereocenters. The van der Waals surface area contributed by atoms with Gasteiger partial charge in [-0.25, -0.2) is 0 Å². The fraction of sp³-hybridized carbons (Fsp3) is 0.750. The third-order valence-electron chi connectivity index (χ3n) is 3.09. The molecule has 3 nitrogen and oxygen atoms in total. The Morgan fingerprint density at radius 3 is 3.12 bits per heavy atom. The molecule has 1 saturated heterocycles. The van der Waals surface area contributed by atoms with Crippen LogP contribution in [0.15, 0.2) is 12.4 Å². The van der Waals surface area contributed by atoms with E-state index in [1.165, 1.54) is 24.2 Å². The van der Waals surface area contributed by atoms with Crippen molar-refractivity contribution in [3.8, 4) is 0 Å². The van der Waals surface area contributed by atoms with E-state index in [1.54, 1.807) is 0 Å². The molecule has 1 aliphatic heterocycles.